The van der Waals surface area contributed by atoms with Crippen molar-refractivity contribution in [1.29, 1.82) is 0 Å². The summed E-state index contributed by atoms with van der Waals surface area (Å²) in [5, 5.41) is 20.0. The Balaban J connectivity index is 4.76. The molecule has 0 saturated carbocycles. The Labute approximate surface area is 347 Å². The second-order valence-electron chi connectivity index (χ2n) is 14.2. The van der Waals surface area contributed by atoms with Crippen LogP contribution in [0.15, 0.2) is 72.9 Å². The summed E-state index contributed by atoms with van der Waals surface area (Å²) in [4.78, 5) is 52.6. The van der Waals surface area contributed by atoms with Gasteiger partial charge in [0.2, 0.25) is 0 Å². The van der Waals surface area contributed by atoms with E-state index in [0.717, 1.165) is 63.7 Å². The minimum Gasteiger partial charge on any atom is -0.462 e. The number of aliphatic hydroxyl groups excluding tert-OH is 2. The molecule has 0 amide bonds. The topological polar surface area (TPSA) is 216 Å². The van der Waals surface area contributed by atoms with E-state index in [4.69, 9.17) is 23.8 Å². The van der Waals surface area contributed by atoms with E-state index in [1.807, 2.05) is 12.2 Å². The fraction of sp³-hybridized carbons (Fsp3) is 0.667. The summed E-state index contributed by atoms with van der Waals surface area (Å²) < 4.78 is 47.5. The second kappa shape index (κ2) is 36.4. The Hall–Kier alpha value is -2.48. The summed E-state index contributed by atoms with van der Waals surface area (Å²) >= 11 is 0. The van der Waals surface area contributed by atoms with Gasteiger partial charge in [-0.2, -0.15) is 0 Å². The molecular weight excluding hydrogens is 790 g/mol. The van der Waals surface area contributed by atoms with E-state index >= 15 is 0 Å². The number of rotatable bonds is 37. The Morgan fingerprint density at radius 3 is 1.67 bits per heavy atom. The third-order valence-corrected chi connectivity index (χ3v) is 9.58. The van der Waals surface area contributed by atoms with Gasteiger partial charge in [0.25, 0.3) is 0 Å². The Kier molecular flexibility index (Phi) is 34.8. The number of ether oxygens (including phenoxy) is 2. The van der Waals surface area contributed by atoms with Gasteiger partial charge in [-0.1, -0.05) is 145 Å². The van der Waals surface area contributed by atoms with Gasteiger partial charge >= 0.3 is 27.6 Å². The first-order valence-electron chi connectivity index (χ1n) is 20.6. The molecule has 0 aliphatic rings. The number of carbonyl (C=O) groups excluding carboxylic acids is 2. The standard InChI is InChI=1S/C42H72O14P2/c1-4-5-6-7-8-9-10-11-12-13-14-15-16-20-23-26-29-38(43)31-32-41(45)52-35-40(36-55-58(50,51)54-34-39(44)33-53-57(47,48)49)56-42(46)30-27-24-21-18-17-19-22-25-28-37(2)3/h5-6,8-9,11-12,14-15,20,23,26,29,37-40,43-44H,4,7,10,13,16-19,21-22,24-25,27-28,30-36H2,1-3H3,(H,50,51)(H2,47,48,49)/b6-5-,9-8-,12-11-,15-14-,23-20-,29-26-/t38?,39-,40+/m0/s1. The van der Waals surface area contributed by atoms with Crippen molar-refractivity contribution < 1.29 is 66.7 Å². The van der Waals surface area contributed by atoms with E-state index in [9.17, 15) is 33.8 Å². The molecule has 0 rings (SSSR count). The van der Waals surface area contributed by atoms with Gasteiger partial charge in [-0.3, -0.25) is 23.2 Å². The van der Waals surface area contributed by atoms with Gasteiger partial charge in [0, 0.05) is 12.8 Å². The number of hydrogen-bond acceptors (Lipinski definition) is 11. The van der Waals surface area contributed by atoms with Crippen LogP contribution in [0.3, 0.4) is 0 Å². The van der Waals surface area contributed by atoms with E-state index in [-0.39, 0.29) is 19.3 Å². The normalized spacial score (nSPS) is 15.5. The van der Waals surface area contributed by atoms with Crippen LogP contribution in [0.1, 0.15) is 130 Å². The lowest BCUT2D eigenvalue weighted by atomic mass is 10.0. The third kappa shape index (κ3) is 40.3. The van der Waals surface area contributed by atoms with E-state index < -0.39 is 72.3 Å². The van der Waals surface area contributed by atoms with Gasteiger partial charge in [0.1, 0.15) is 12.7 Å². The third-order valence-electron chi connectivity index (χ3n) is 8.15. The highest BCUT2D eigenvalue weighted by atomic mass is 31.2. The van der Waals surface area contributed by atoms with Crippen LogP contribution in [0, 0.1) is 5.92 Å². The fourth-order valence-corrected chi connectivity index (χ4v) is 6.15. The SMILES string of the molecule is CC/C=C\C/C=C\C/C=C\C/C=C\C/C=C\C=C/C(O)CCC(=O)OC[C@H](COP(=O)(O)OC[C@@H](O)COP(=O)(O)O)OC(=O)CCCCCCCCCCC(C)C. The average molecular weight is 863 g/mol. The number of aliphatic hydroxyl groups is 2. The molecule has 0 spiro atoms. The number of phosphoric acid groups is 2. The lowest BCUT2D eigenvalue weighted by Crippen LogP contribution is -2.30. The molecule has 14 nitrogen and oxygen atoms in total. The zero-order valence-electron chi connectivity index (χ0n) is 34.9. The van der Waals surface area contributed by atoms with Gasteiger partial charge in [0.15, 0.2) is 6.10 Å². The molecule has 0 aromatic heterocycles. The maximum atomic E-state index is 12.6. The van der Waals surface area contributed by atoms with E-state index in [1.54, 1.807) is 18.2 Å². The van der Waals surface area contributed by atoms with Crippen molar-refractivity contribution in [1.82, 2.24) is 0 Å². The van der Waals surface area contributed by atoms with Crippen LogP contribution in [0.2, 0.25) is 0 Å². The molecule has 0 radical (unpaired) electrons. The number of carbonyl (C=O) groups is 2. The number of phosphoric ester groups is 2. The zero-order valence-corrected chi connectivity index (χ0v) is 36.7. The number of allylic oxidation sites excluding steroid dienone is 11. The van der Waals surface area contributed by atoms with E-state index in [1.165, 1.54) is 25.7 Å². The molecule has 0 aliphatic heterocycles. The molecule has 0 heterocycles. The fourth-order valence-electron chi connectivity index (χ4n) is 4.99. The van der Waals surface area contributed by atoms with Gasteiger partial charge in [-0.05, 0) is 50.9 Å². The quantitative estimate of drug-likeness (QED) is 0.0130. The summed E-state index contributed by atoms with van der Waals surface area (Å²) in [6.45, 7) is 3.59. The Morgan fingerprint density at radius 2 is 1.10 bits per heavy atom. The zero-order chi connectivity index (χ0) is 43.3. The minimum absolute atomic E-state index is 0.0622. The maximum Gasteiger partial charge on any atom is 0.472 e. The molecule has 0 fully saturated rings. The van der Waals surface area contributed by atoms with Crippen molar-refractivity contribution in [2.75, 3.05) is 26.4 Å². The number of unbranched alkanes of at least 4 members (excludes halogenated alkanes) is 7. The van der Waals surface area contributed by atoms with Gasteiger partial charge in [-0.15, -0.1) is 0 Å². The van der Waals surface area contributed by atoms with Crippen LogP contribution in [-0.4, -0.2) is 81.6 Å². The summed E-state index contributed by atoms with van der Waals surface area (Å²) in [6, 6.07) is 0. The average Bonchev–Trinajstić information content (AvgIpc) is 3.16. The lowest BCUT2D eigenvalue weighted by molar-refractivity contribution is -0.161. The van der Waals surface area contributed by atoms with Crippen LogP contribution in [-0.2, 0) is 41.8 Å². The van der Waals surface area contributed by atoms with E-state index in [0.29, 0.717) is 6.42 Å². The highest BCUT2D eigenvalue weighted by molar-refractivity contribution is 7.47. The largest absolute Gasteiger partial charge is 0.472 e. The van der Waals surface area contributed by atoms with Crippen molar-refractivity contribution in [3.05, 3.63) is 72.9 Å². The minimum atomic E-state index is -4.88. The predicted octanol–water partition coefficient (Wildman–Crippen LogP) is 9.05. The second-order valence-corrected chi connectivity index (χ2v) is 16.9. The van der Waals surface area contributed by atoms with Gasteiger partial charge in [-0.25, -0.2) is 9.13 Å². The molecule has 5 N–H and O–H groups in total. The van der Waals surface area contributed by atoms with Crippen LogP contribution >= 0.6 is 15.6 Å². The van der Waals surface area contributed by atoms with Crippen molar-refractivity contribution >= 4 is 27.6 Å². The first-order valence-corrected chi connectivity index (χ1v) is 23.6. The summed E-state index contributed by atoms with van der Waals surface area (Å²) in [7, 11) is -9.75. The lowest BCUT2D eigenvalue weighted by Gasteiger charge is -2.20. The molecule has 58 heavy (non-hydrogen) atoms. The van der Waals surface area contributed by atoms with E-state index in [2.05, 4.69) is 72.4 Å². The first-order chi connectivity index (χ1) is 27.6. The summed E-state index contributed by atoms with van der Waals surface area (Å²) in [5.74, 6) is -0.603. The highest BCUT2D eigenvalue weighted by Crippen LogP contribution is 2.43. The Bertz CT molecular complexity index is 1330. The van der Waals surface area contributed by atoms with Gasteiger partial charge in [0.05, 0.1) is 25.9 Å². The van der Waals surface area contributed by atoms with Crippen molar-refractivity contribution in [2.24, 2.45) is 5.92 Å². The van der Waals surface area contributed by atoms with Crippen LogP contribution in [0.4, 0.5) is 0 Å². The molecule has 16 heteroatoms. The Morgan fingerprint density at radius 1 is 0.586 bits per heavy atom. The molecular formula is C42H72O14P2. The number of hydrogen-bond donors (Lipinski definition) is 5. The monoisotopic (exact) mass is 862 g/mol. The van der Waals surface area contributed by atoms with Crippen LogP contribution in [0.5, 0.6) is 0 Å². The molecule has 0 aromatic rings. The predicted molar refractivity (Wildman–Crippen MR) is 226 cm³/mol. The molecule has 4 atom stereocenters. The summed E-state index contributed by atoms with van der Waals surface area (Å²) in [6.07, 6.45) is 34.0. The molecule has 334 valence electrons. The van der Waals surface area contributed by atoms with Crippen molar-refractivity contribution in [3.63, 3.8) is 0 Å². The molecule has 0 bridgehead atoms. The molecule has 0 aliphatic carbocycles. The van der Waals surface area contributed by atoms with Crippen LogP contribution < -0.4 is 0 Å². The molecule has 0 aromatic carbocycles. The highest BCUT2D eigenvalue weighted by Gasteiger charge is 2.28. The van der Waals surface area contributed by atoms with Crippen molar-refractivity contribution in [3.8, 4) is 0 Å². The summed E-state index contributed by atoms with van der Waals surface area (Å²) in [5.41, 5.74) is 0. The smallest absolute Gasteiger partial charge is 0.462 e. The first kappa shape index (κ1) is 55.5. The molecule has 0 saturated heterocycles. The van der Waals surface area contributed by atoms with Gasteiger partial charge < -0.3 is 34.4 Å². The van der Waals surface area contributed by atoms with Crippen LogP contribution in [0.25, 0.3) is 0 Å². The number of esters is 2. The van der Waals surface area contributed by atoms with Crippen molar-refractivity contribution in [2.45, 2.75) is 148 Å². The maximum absolute atomic E-state index is 12.6. The molecule has 2 unspecified atom stereocenters.